The summed E-state index contributed by atoms with van der Waals surface area (Å²) >= 11 is 0. The van der Waals surface area contributed by atoms with E-state index in [1.165, 1.54) is 44.6 Å². The van der Waals surface area contributed by atoms with Gasteiger partial charge in [0, 0.05) is 36.7 Å². The number of carbonyl (C=O) groups excluding carboxylic acids is 1. The number of rotatable bonds is 4. The molecular formula is C26H33FN4O. The van der Waals surface area contributed by atoms with Crippen LogP contribution in [0, 0.1) is 11.7 Å². The average Bonchev–Trinajstić information content (AvgIpc) is 2.80. The van der Waals surface area contributed by atoms with Crippen LogP contribution in [0.2, 0.25) is 0 Å². The van der Waals surface area contributed by atoms with Crippen molar-refractivity contribution in [2.45, 2.75) is 52.0 Å². The third-order valence-electron chi connectivity index (χ3n) is 6.40. The van der Waals surface area contributed by atoms with Gasteiger partial charge < -0.3 is 10.2 Å². The Morgan fingerprint density at radius 1 is 1.00 bits per heavy atom. The zero-order valence-corrected chi connectivity index (χ0v) is 18.9. The molecule has 1 saturated carbocycles. The molecule has 32 heavy (non-hydrogen) atoms. The van der Waals surface area contributed by atoms with E-state index in [9.17, 15) is 9.18 Å². The van der Waals surface area contributed by atoms with Crippen molar-refractivity contribution in [2.24, 2.45) is 5.92 Å². The van der Waals surface area contributed by atoms with Crippen LogP contribution in [0.25, 0.3) is 21.9 Å². The third-order valence-corrected chi connectivity index (χ3v) is 6.40. The Morgan fingerprint density at radius 3 is 2.53 bits per heavy atom. The molecule has 0 atom stereocenters. The molecule has 2 fully saturated rings. The molecule has 2 aliphatic rings. The number of nitrogens with one attached hydrogen (secondary N) is 1. The zero-order chi connectivity index (χ0) is 22.5. The summed E-state index contributed by atoms with van der Waals surface area (Å²) in [6.07, 6.45) is 10.4. The van der Waals surface area contributed by atoms with E-state index in [0.717, 1.165) is 34.7 Å². The maximum Gasteiger partial charge on any atom is 0.228 e. The summed E-state index contributed by atoms with van der Waals surface area (Å²) in [4.78, 5) is 23.5. The van der Waals surface area contributed by atoms with Crippen molar-refractivity contribution >= 4 is 22.5 Å². The molecule has 170 valence electrons. The SMILES string of the molecule is CC.O=C(Nc1cc2cc(-c3cncc(F)c3)ccc2cn1)C1CC(N2CCCCC2)C1.[HH]. The molecule has 1 amide bonds. The minimum atomic E-state index is -0.362. The Balaban J connectivity index is 0.000000994. The molecule has 1 saturated heterocycles. The fourth-order valence-electron chi connectivity index (χ4n) is 4.57. The second kappa shape index (κ2) is 10.2. The molecule has 3 aromatic rings. The molecule has 5 nitrogen and oxygen atoms in total. The van der Waals surface area contributed by atoms with Crippen molar-refractivity contribution in [3.8, 4) is 11.1 Å². The average molecular weight is 437 g/mol. The van der Waals surface area contributed by atoms with Gasteiger partial charge in [0.2, 0.25) is 5.91 Å². The Labute approximate surface area is 190 Å². The number of benzene rings is 1. The standard InChI is InChI=1S/C24H25FN4O.C2H6.H2/c25-21-9-20(13-26-15-21)16-4-5-17-14-27-23(12-18(17)8-16)28-24(30)19-10-22(11-19)29-6-2-1-3-7-29;1-2;/h4-5,8-9,12-15,19,22H,1-3,6-7,10-11H2,(H,27,28,30);1-2H3;1H. The van der Waals surface area contributed by atoms with Gasteiger partial charge in [-0.25, -0.2) is 9.37 Å². The first kappa shape index (κ1) is 22.3. The minimum absolute atomic E-state index is 0. The topological polar surface area (TPSA) is 58.1 Å². The second-order valence-electron chi connectivity index (χ2n) is 8.43. The molecule has 1 aromatic carbocycles. The van der Waals surface area contributed by atoms with Gasteiger partial charge in [0.05, 0.1) is 6.20 Å². The molecule has 0 unspecified atom stereocenters. The number of aromatic nitrogens is 2. The number of anilines is 1. The maximum atomic E-state index is 13.5. The van der Waals surface area contributed by atoms with Gasteiger partial charge in [0.15, 0.2) is 0 Å². The summed E-state index contributed by atoms with van der Waals surface area (Å²) in [5.74, 6) is 0.321. The Hall–Kier alpha value is -2.86. The molecule has 6 heteroatoms. The Bertz CT molecular complexity index is 1080. The highest BCUT2D eigenvalue weighted by Crippen LogP contribution is 2.34. The number of fused-ring (bicyclic) bond motifs is 1. The van der Waals surface area contributed by atoms with Crippen LogP contribution >= 0.6 is 0 Å². The molecular weight excluding hydrogens is 403 g/mol. The zero-order valence-electron chi connectivity index (χ0n) is 18.9. The first-order valence-corrected chi connectivity index (χ1v) is 11.7. The predicted molar refractivity (Wildman–Crippen MR) is 129 cm³/mol. The fourth-order valence-corrected chi connectivity index (χ4v) is 4.57. The Kier molecular flexibility index (Phi) is 7.10. The highest BCUT2D eigenvalue weighted by molar-refractivity contribution is 5.95. The van der Waals surface area contributed by atoms with E-state index in [1.807, 2.05) is 38.1 Å². The fraction of sp³-hybridized carbons (Fsp3) is 0.423. The van der Waals surface area contributed by atoms with Gasteiger partial charge in [0.1, 0.15) is 11.6 Å². The van der Waals surface area contributed by atoms with Crippen LogP contribution in [0.1, 0.15) is 47.4 Å². The van der Waals surface area contributed by atoms with Gasteiger partial charge in [-0.3, -0.25) is 9.78 Å². The van der Waals surface area contributed by atoms with Crippen molar-refractivity contribution in [2.75, 3.05) is 18.4 Å². The summed E-state index contributed by atoms with van der Waals surface area (Å²) in [5.41, 5.74) is 1.60. The van der Waals surface area contributed by atoms with E-state index in [4.69, 9.17) is 0 Å². The van der Waals surface area contributed by atoms with Crippen LogP contribution in [0.4, 0.5) is 10.2 Å². The molecule has 0 bridgehead atoms. The van der Waals surface area contributed by atoms with E-state index in [-0.39, 0.29) is 19.1 Å². The number of likely N-dealkylation sites (tertiary alicyclic amines) is 1. The lowest BCUT2D eigenvalue weighted by atomic mass is 9.78. The lowest BCUT2D eigenvalue weighted by Gasteiger charge is -2.43. The molecule has 2 aromatic heterocycles. The molecule has 1 aliphatic carbocycles. The highest BCUT2D eigenvalue weighted by atomic mass is 19.1. The van der Waals surface area contributed by atoms with Gasteiger partial charge in [-0.2, -0.15) is 0 Å². The van der Waals surface area contributed by atoms with E-state index >= 15 is 0 Å². The van der Waals surface area contributed by atoms with Gasteiger partial charge >= 0.3 is 0 Å². The van der Waals surface area contributed by atoms with E-state index in [0.29, 0.717) is 11.9 Å². The second-order valence-corrected chi connectivity index (χ2v) is 8.43. The van der Waals surface area contributed by atoms with E-state index < -0.39 is 0 Å². The smallest absolute Gasteiger partial charge is 0.228 e. The molecule has 0 spiro atoms. The number of halogens is 1. The minimum Gasteiger partial charge on any atom is -0.310 e. The van der Waals surface area contributed by atoms with Crippen molar-refractivity contribution in [3.63, 3.8) is 0 Å². The Morgan fingerprint density at radius 2 is 1.78 bits per heavy atom. The quantitative estimate of drug-likeness (QED) is 0.552. The number of piperidine rings is 1. The van der Waals surface area contributed by atoms with Crippen LogP contribution < -0.4 is 5.32 Å². The third kappa shape index (κ3) is 4.96. The largest absolute Gasteiger partial charge is 0.310 e. The molecule has 1 N–H and O–H groups in total. The number of nitrogens with zero attached hydrogens (tertiary/aromatic N) is 3. The summed E-state index contributed by atoms with van der Waals surface area (Å²) in [6.45, 7) is 6.35. The summed E-state index contributed by atoms with van der Waals surface area (Å²) < 4.78 is 13.5. The lowest BCUT2D eigenvalue weighted by molar-refractivity contribution is -0.124. The maximum absolute atomic E-state index is 13.5. The van der Waals surface area contributed by atoms with Crippen LogP contribution in [0.5, 0.6) is 0 Å². The van der Waals surface area contributed by atoms with Gasteiger partial charge in [-0.15, -0.1) is 0 Å². The molecule has 3 heterocycles. The van der Waals surface area contributed by atoms with Gasteiger partial charge in [0.25, 0.3) is 0 Å². The number of carbonyl (C=O) groups is 1. The van der Waals surface area contributed by atoms with Crippen molar-refractivity contribution < 1.29 is 10.6 Å². The van der Waals surface area contributed by atoms with Crippen molar-refractivity contribution in [1.29, 1.82) is 0 Å². The van der Waals surface area contributed by atoms with Crippen molar-refractivity contribution in [1.82, 2.24) is 14.9 Å². The highest BCUT2D eigenvalue weighted by Gasteiger charge is 2.38. The number of amides is 1. The number of hydrogen-bond donors (Lipinski definition) is 1. The van der Waals surface area contributed by atoms with Crippen LogP contribution in [-0.2, 0) is 4.79 Å². The molecule has 1 aliphatic heterocycles. The number of hydrogen-bond acceptors (Lipinski definition) is 4. The summed E-state index contributed by atoms with van der Waals surface area (Å²) in [6, 6.07) is 9.75. The normalized spacial score (nSPS) is 20.7. The van der Waals surface area contributed by atoms with Crippen LogP contribution in [-0.4, -0.2) is 39.9 Å². The van der Waals surface area contributed by atoms with Gasteiger partial charge in [-0.05, 0) is 67.9 Å². The number of pyridine rings is 2. The summed E-state index contributed by atoms with van der Waals surface area (Å²) in [5, 5.41) is 4.90. The lowest BCUT2D eigenvalue weighted by Crippen LogP contribution is -2.49. The van der Waals surface area contributed by atoms with Crippen molar-refractivity contribution in [3.05, 3.63) is 54.7 Å². The predicted octanol–water partition coefficient (Wildman–Crippen LogP) is 5.91. The first-order chi connectivity index (χ1) is 15.7. The summed E-state index contributed by atoms with van der Waals surface area (Å²) in [7, 11) is 0. The van der Waals surface area contributed by atoms with Gasteiger partial charge in [-0.1, -0.05) is 32.4 Å². The first-order valence-electron chi connectivity index (χ1n) is 11.7. The molecule has 5 rings (SSSR count). The monoisotopic (exact) mass is 436 g/mol. The molecule has 0 radical (unpaired) electrons. The van der Waals surface area contributed by atoms with E-state index in [2.05, 4.69) is 20.2 Å². The van der Waals surface area contributed by atoms with Crippen LogP contribution in [0.15, 0.2) is 48.9 Å². The van der Waals surface area contributed by atoms with E-state index in [1.54, 1.807) is 12.4 Å². The van der Waals surface area contributed by atoms with Crippen LogP contribution in [0.3, 0.4) is 0 Å².